The van der Waals surface area contributed by atoms with Crippen LogP contribution in [0, 0.1) is 0 Å². The summed E-state index contributed by atoms with van der Waals surface area (Å²) < 4.78 is -1.59. The molecule has 2 aromatic rings. The number of alkyl halides is 3. The van der Waals surface area contributed by atoms with Crippen molar-refractivity contribution in [2.45, 2.75) is 3.79 Å². The largest absolute Gasteiger partial charge is 0.255 e. The highest BCUT2D eigenvalue weighted by atomic mass is 35.6. The number of aromatic nitrogens is 1. The van der Waals surface area contributed by atoms with Gasteiger partial charge in [0.1, 0.15) is 0 Å². The molecule has 1 heterocycles. The van der Waals surface area contributed by atoms with Crippen molar-refractivity contribution in [1.29, 1.82) is 0 Å². The van der Waals surface area contributed by atoms with Gasteiger partial charge in [-0.3, -0.25) is 4.98 Å². The molecule has 1 nitrogen and oxygen atoms in total. The maximum Gasteiger partial charge on any atom is 0.216 e. The molecule has 0 aliphatic carbocycles. The Morgan fingerprint density at radius 3 is 2.10 bits per heavy atom. The van der Waals surface area contributed by atoms with Gasteiger partial charge in [-0.2, -0.15) is 0 Å². The zero-order valence-electron chi connectivity index (χ0n) is 9.96. The molecule has 0 unspecified atom stereocenters. The number of hydrogen-bond donors (Lipinski definition) is 0. The lowest BCUT2D eigenvalue weighted by atomic mass is 10.1. The van der Waals surface area contributed by atoms with Gasteiger partial charge in [0.05, 0.1) is 15.8 Å². The lowest BCUT2D eigenvalue weighted by molar-refractivity contribution is 1.23. The Balaban J connectivity index is 2.57. The van der Waals surface area contributed by atoms with Crippen molar-refractivity contribution in [3.63, 3.8) is 0 Å². The Morgan fingerprint density at radius 2 is 1.50 bits per heavy atom. The minimum Gasteiger partial charge on any atom is -0.255 e. The zero-order chi connectivity index (χ0) is 14.8. The molecule has 0 amide bonds. The average molecular weight is 367 g/mol. The van der Waals surface area contributed by atoms with Gasteiger partial charge in [-0.15, -0.1) is 0 Å². The summed E-state index contributed by atoms with van der Waals surface area (Å²) in [7, 11) is 0. The molecule has 0 atom stereocenters. The Bertz CT molecular complexity index is 632. The summed E-state index contributed by atoms with van der Waals surface area (Å²) in [5.41, 5.74) is 1.58. The van der Waals surface area contributed by atoms with Gasteiger partial charge in [0, 0.05) is 17.3 Å². The molecule has 0 fully saturated rings. The van der Waals surface area contributed by atoms with Gasteiger partial charge in [-0.05, 0) is 12.1 Å². The first-order chi connectivity index (χ1) is 9.41. The second-order valence-electron chi connectivity index (χ2n) is 3.89. The normalized spacial score (nSPS) is 13.1. The first kappa shape index (κ1) is 15.9. The quantitative estimate of drug-likeness (QED) is 0.575. The Labute approximate surface area is 142 Å². The summed E-state index contributed by atoms with van der Waals surface area (Å²) in [4.78, 5) is 4.14. The Hall–Kier alpha value is -0.440. The van der Waals surface area contributed by atoms with Gasteiger partial charge in [0.25, 0.3) is 0 Å². The second-order valence-corrected chi connectivity index (χ2v) is 6.92. The third-order valence-electron chi connectivity index (χ3n) is 2.55. The predicted molar refractivity (Wildman–Crippen MR) is 88.4 cm³/mol. The smallest absolute Gasteiger partial charge is 0.216 e. The number of benzene rings is 1. The SMILES string of the molecule is Cl/C(=C(/Cl)c1ccccc1C(Cl)(Cl)Cl)c1ccccn1. The van der Waals surface area contributed by atoms with Crippen LogP contribution in [0.1, 0.15) is 16.8 Å². The highest BCUT2D eigenvalue weighted by Gasteiger charge is 2.27. The van der Waals surface area contributed by atoms with E-state index < -0.39 is 3.79 Å². The van der Waals surface area contributed by atoms with Crippen LogP contribution in [0.25, 0.3) is 10.1 Å². The van der Waals surface area contributed by atoms with Crippen LogP contribution < -0.4 is 0 Å². The summed E-state index contributed by atoms with van der Waals surface area (Å²) in [5, 5.41) is 0.584. The van der Waals surface area contributed by atoms with Crippen molar-refractivity contribution in [2.75, 3.05) is 0 Å². The Morgan fingerprint density at radius 1 is 0.850 bits per heavy atom. The van der Waals surface area contributed by atoms with E-state index in [9.17, 15) is 0 Å². The third-order valence-corrected chi connectivity index (χ3v) is 4.03. The second kappa shape index (κ2) is 6.55. The fraction of sp³-hybridized carbons (Fsp3) is 0.0714. The van der Waals surface area contributed by atoms with Crippen LogP contribution in [-0.4, -0.2) is 4.98 Å². The standard InChI is InChI=1S/C14H8Cl5N/c15-12(13(16)11-7-3-4-8-20-11)9-5-1-2-6-10(9)14(17,18)19/h1-8H/b13-12+. The topological polar surface area (TPSA) is 12.9 Å². The van der Waals surface area contributed by atoms with Crippen molar-refractivity contribution >= 4 is 68.1 Å². The number of rotatable bonds is 2. The predicted octanol–water partition coefficient (Wildman–Crippen LogP) is 6.21. The molecule has 0 saturated carbocycles. The molecule has 1 aromatic heterocycles. The fourth-order valence-electron chi connectivity index (χ4n) is 1.64. The Kier molecular flexibility index (Phi) is 5.22. The fourth-order valence-corrected chi connectivity index (χ4v) is 2.61. The molecule has 1 aromatic carbocycles. The van der Waals surface area contributed by atoms with Crippen molar-refractivity contribution in [2.24, 2.45) is 0 Å². The van der Waals surface area contributed by atoms with Crippen LogP contribution in [0.2, 0.25) is 0 Å². The van der Waals surface area contributed by atoms with E-state index in [1.807, 2.05) is 6.07 Å². The molecule has 0 N–H and O–H groups in total. The van der Waals surface area contributed by atoms with Crippen molar-refractivity contribution in [1.82, 2.24) is 4.98 Å². The molecule has 0 aliphatic rings. The van der Waals surface area contributed by atoms with Crippen LogP contribution >= 0.6 is 58.0 Å². The molecule has 0 saturated heterocycles. The van der Waals surface area contributed by atoms with Crippen molar-refractivity contribution < 1.29 is 0 Å². The van der Waals surface area contributed by atoms with Crippen molar-refractivity contribution in [3.8, 4) is 0 Å². The lowest BCUT2D eigenvalue weighted by Crippen LogP contribution is -2.04. The monoisotopic (exact) mass is 365 g/mol. The van der Waals surface area contributed by atoms with Crippen LogP contribution in [0.4, 0.5) is 0 Å². The van der Waals surface area contributed by atoms with E-state index in [1.165, 1.54) is 0 Å². The summed E-state index contributed by atoms with van der Waals surface area (Å²) in [6.07, 6.45) is 1.63. The van der Waals surface area contributed by atoms with Gasteiger partial charge >= 0.3 is 0 Å². The van der Waals surface area contributed by atoms with E-state index in [2.05, 4.69) is 4.98 Å². The molecule has 104 valence electrons. The lowest BCUT2D eigenvalue weighted by Gasteiger charge is -2.16. The molecular formula is C14H8Cl5N. The van der Waals surface area contributed by atoms with Gasteiger partial charge in [-0.25, -0.2) is 0 Å². The summed E-state index contributed by atoms with van der Waals surface area (Å²) in [6, 6.07) is 12.3. The number of pyridine rings is 1. The highest BCUT2D eigenvalue weighted by molar-refractivity contribution is 6.68. The van der Waals surface area contributed by atoms with E-state index in [-0.39, 0.29) is 5.03 Å². The first-order valence-corrected chi connectivity index (χ1v) is 7.43. The summed E-state index contributed by atoms with van der Waals surface area (Å²) >= 11 is 30.5. The maximum atomic E-state index is 6.33. The van der Waals surface area contributed by atoms with Gasteiger partial charge in [-0.1, -0.05) is 88.3 Å². The van der Waals surface area contributed by atoms with E-state index in [1.54, 1.807) is 42.6 Å². The zero-order valence-corrected chi connectivity index (χ0v) is 13.7. The molecule has 0 radical (unpaired) electrons. The van der Waals surface area contributed by atoms with Gasteiger partial charge in [0.2, 0.25) is 3.79 Å². The summed E-state index contributed by atoms with van der Waals surface area (Å²) in [6.45, 7) is 0. The number of hydrogen-bond acceptors (Lipinski definition) is 1. The molecular weight excluding hydrogens is 359 g/mol. The van der Waals surface area contributed by atoms with E-state index in [0.29, 0.717) is 21.9 Å². The van der Waals surface area contributed by atoms with E-state index >= 15 is 0 Å². The van der Waals surface area contributed by atoms with Gasteiger partial charge < -0.3 is 0 Å². The third kappa shape index (κ3) is 3.60. The number of nitrogens with zero attached hydrogens (tertiary/aromatic N) is 1. The van der Waals surface area contributed by atoms with Crippen LogP contribution in [-0.2, 0) is 3.79 Å². The molecule has 2 rings (SSSR count). The molecule has 20 heavy (non-hydrogen) atoms. The minimum atomic E-state index is -1.59. The maximum absolute atomic E-state index is 6.33. The minimum absolute atomic E-state index is 0.285. The highest BCUT2D eigenvalue weighted by Crippen LogP contribution is 2.44. The van der Waals surface area contributed by atoms with Crippen LogP contribution in [0.5, 0.6) is 0 Å². The molecule has 0 bridgehead atoms. The summed E-state index contributed by atoms with van der Waals surface area (Å²) in [5.74, 6) is 0. The molecule has 6 heteroatoms. The van der Waals surface area contributed by atoms with Crippen LogP contribution in [0.15, 0.2) is 48.7 Å². The van der Waals surface area contributed by atoms with E-state index in [4.69, 9.17) is 58.0 Å². The van der Waals surface area contributed by atoms with Crippen molar-refractivity contribution in [3.05, 3.63) is 65.5 Å². The van der Waals surface area contributed by atoms with Gasteiger partial charge in [0.15, 0.2) is 0 Å². The van der Waals surface area contributed by atoms with Crippen LogP contribution in [0.3, 0.4) is 0 Å². The number of halogens is 5. The first-order valence-electron chi connectivity index (χ1n) is 5.54. The molecule has 0 aliphatic heterocycles. The van der Waals surface area contributed by atoms with E-state index in [0.717, 1.165) is 0 Å². The average Bonchev–Trinajstić information content (AvgIpc) is 2.46. The molecule has 0 spiro atoms.